The molecular formula is C12H20N6. The van der Waals surface area contributed by atoms with E-state index in [4.69, 9.17) is 5.73 Å². The highest BCUT2D eigenvalue weighted by Gasteiger charge is 2.20. The summed E-state index contributed by atoms with van der Waals surface area (Å²) in [6, 6.07) is 0. The van der Waals surface area contributed by atoms with Crippen LogP contribution in [0.1, 0.15) is 13.8 Å². The zero-order chi connectivity index (χ0) is 13.3. The SMILES string of the molecule is CN(C)C(C)(C)CNc1nc(N)cn2ccnc12. The molecule has 2 aromatic rings. The number of nitrogens with one attached hydrogen (secondary N) is 1. The van der Waals surface area contributed by atoms with Crippen molar-refractivity contribution in [1.29, 1.82) is 0 Å². The molecule has 0 aliphatic rings. The molecule has 2 aromatic heterocycles. The van der Waals surface area contributed by atoms with Crippen LogP contribution in [0.5, 0.6) is 0 Å². The number of aromatic nitrogens is 3. The van der Waals surface area contributed by atoms with Gasteiger partial charge in [-0.15, -0.1) is 0 Å². The van der Waals surface area contributed by atoms with Crippen LogP contribution in [0.2, 0.25) is 0 Å². The van der Waals surface area contributed by atoms with Gasteiger partial charge in [-0.05, 0) is 27.9 Å². The van der Waals surface area contributed by atoms with E-state index >= 15 is 0 Å². The molecule has 2 heterocycles. The Morgan fingerprint density at radius 2 is 2.17 bits per heavy atom. The van der Waals surface area contributed by atoms with E-state index in [0.717, 1.165) is 18.0 Å². The molecule has 2 rings (SSSR count). The fraction of sp³-hybridized carbons (Fsp3) is 0.500. The number of nitrogens with zero attached hydrogens (tertiary/aromatic N) is 4. The van der Waals surface area contributed by atoms with Crippen molar-refractivity contribution in [1.82, 2.24) is 19.3 Å². The summed E-state index contributed by atoms with van der Waals surface area (Å²) in [5.41, 5.74) is 6.59. The number of hydrogen-bond acceptors (Lipinski definition) is 5. The maximum atomic E-state index is 5.77. The third kappa shape index (κ3) is 2.38. The molecule has 0 unspecified atom stereocenters. The molecule has 0 aromatic carbocycles. The summed E-state index contributed by atoms with van der Waals surface area (Å²) in [7, 11) is 4.11. The Hall–Kier alpha value is -1.82. The normalized spacial score (nSPS) is 12.3. The van der Waals surface area contributed by atoms with E-state index in [1.54, 1.807) is 12.4 Å². The van der Waals surface area contributed by atoms with Gasteiger partial charge in [-0.3, -0.25) is 0 Å². The van der Waals surface area contributed by atoms with E-state index in [-0.39, 0.29) is 5.54 Å². The van der Waals surface area contributed by atoms with Crippen LogP contribution in [-0.4, -0.2) is 45.4 Å². The van der Waals surface area contributed by atoms with Crippen molar-refractivity contribution in [2.75, 3.05) is 31.7 Å². The zero-order valence-corrected chi connectivity index (χ0v) is 11.3. The van der Waals surface area contributed by atoms with Gasteiger partial charge in [-0.2, -0.15) is 0 Å². The van der Waals surface area contributed by atoms with Gasteiger partial charge in [0.1, 0.15) is 5.82 Å². The highest BCUT2D eigenvalue weighted by molar-refractivity contribution is 5.64. The van der Waals surface area contributed by atoms with Crippen LogP contribution in [0.3, 0.4) is 0 Å². The quantitative estimate of drug-likeness (QED) is 0.846. The second-order valence-electron chi connectivity index (χ2n) is 5.23. The van der Waals surface area contributed by atoms with Gasteiger partial charge in [0.2, 0.25) is 0 Å². The lowest BCUT2D eigenvalue weighted by Gasteiger charge is -2.32. The van der Waals surface area contributed by atoms with Crippen molar-refractivity contribution in [3.8, 4) is 0 Å². The largest absolute Gasteiger partial charge is 0.382 e. The number of rotatable bonds is 4. The second kappa shape index (κ2) is 4.45. The molecule has 0 amide bonds. The average molecular weight is 248 g/mol. The molecule has 0 bridgehead atoms. The minimum absolute atomic E-state index is 0.0237. The summed E-state index contributed by atoms with van der Waals surface area (Å²) >= 11 is 0. The molecular weight excluding hydrogens is 228 g/mol. The minimum atomic E-state index is 0.0237. The van der Waals surface area contributed by atoms with Crippen molar-refractivity contribution >= 4 is 17.3 Å². The van der Waals surface area contributed by atoms with Gasteiger partial charge in [-0.25, -0.2) is 9.97 Å². The first-order valence-corrected chi connectivity index (χ1v) is 5.90. The van der Waals surface area contributed by atoms with Crippen LogP contribution >= 0.6 is 0 Å². The number of hydrogen-bond donors (Lipinski definition) is 2. The van der Waals surface area contributed by atoms with Crippen molar-refractivity contribution in [3.63, 3.8) is 0 Å². The Kier molecular flexibility index (Phi) is 3.13. The fourth-order valence-corrected chi connectivity index (χ4v) is 1.53. The fourth-order valence-electron chi connectivity index (χ4n) is 1.53. The predicted molar refractivity (Wildman–Crippen MR) is 73.7 cm³/mol. The van der Waals surface area contributed by atoms with Gasteiger partial charge in [0.15, 0.2) is 11.5 Å². The lowest BCUT2D eigenvalue weighted by molar-refractivity contribution is 0.210. The van der Waals surface area contributed by atoms with Crippen molar-refractivity contribution in [2.45, 2.75) is 19.4 Å². The average Bonchev–Trinajstić information content (AvgIpc) is 2.73. The molecule has 0 radical (unpaired) electrons. The second-order valence-corrected chi connectivity index (χ2v) is 5.23. The van der Waals surface area contributed by atoms with Crippen LogP contribution in [-0.2, 0) is 0 Å². The van der Waals surface area contributed by atoms with Crippen molar-refractivity contribution in [2.24, 2.45) is 0 Å². The summed E-state index contributed by atoms with van der Waals surface area (Å²) in [5.74, 6) is 1.19. The standard InChI is InChI=1S/C12H20N6/c1-12(2,17(3)4)8-15-10-11-14-5-6-18(11)7-9(13)16-10/h5-7H,8,13H2,1-4H3,(H,15,16). The lowest BCUT2D eigenvalue weighted by Crippen LogP contribution is -2.44. The monoisotopic (exact) mass is 248 g/mol. The van der Waals surface area contributed by atoms with Crippen LogP contribution < -0.4 is 11.1 Å². The Balaban J connectivity index is 2.24. The predicted octanol–water partition coefficient (Wildman–Crippen LogP) is 1.06. The molecule has 0 spiro atoms. The number of likely N-dealkylation sites (N-methyl/N-ethyl adjacent to an activating group) is 1. The Morgan fingerprint density at radius 3 is 2.83 bits per heavy atom. The summed E-state index contributed by atoms with van der Waals surface area (Å²) in [5, 5.41) is 3.32. The Labute approximate surface area is 107 Å². The Morgan fingerprint density at radius 1 is 1.44 bits per heavy atom. The molecule has 0 aliphatic carbocycles. The van der Waals surface area contributed by atoms with Crippen LogP contribution in [0.4, 0.5) is 11.6 Å². The minimum Gasteiger partial charge on any atom is -0.382 e. The molecule has 0 fully saturated rings. The third-order valence-corrected chi connectivity index (χ3v) is 3.29. The summed E-state index contributed by atoms with van der Waals surface area (Å²) < 4.78 is 1.87. The zero-order valence-electron chi connectivity index (χ0n) is 11.3. The third-order valence-electron chi connectivity index (χ3n) is 3.29. The van der Waals surface area contributed by atoms with E-state index in [2.05, 4.69) is 48.1 Å². The van der Waals surface area contributed by atoms with E-state index in [1.165, 1.54) is 0 Å². The first-order chi connectivity index (χ1) is 8.40. The molecule has 6 nitrogen and oxygen atoms in total. The number of nitrogens with two attached hydrogens (primary N) is 1. The molecule has 0 saturated carbocycles. The number of anilines is 2. The van der Waals surface area contributed by atoms with Gasteiger partial charge < -0.3 is 20.4 Å². The van der Waals surface area contributed by atoms with E-state index in [9.17, 15) is 0 Å². The highest BCUT2D eigenvalue weighted by atomic mass is 15.2. The summed E-state index contributed by atoms with van der Waals surface area (Å²) in [6.45, 7) is 5.09. The first kappa shape index (κ1) is 12.6. The smallest absolute Gasteiger partial charge is 0.180 e. The van der Waals surface area contributed by atoms with Gasteiger partial charge in [0, 0.05) is 24.5 Å². The summed E-state index contributed by atoms with van der Waals surface area (Å²) in [6.07, 6.45) is 5.35. The topological polar surface area (TPSA) is 71.5 Å². The molecule has 3 N–H and O–H groups in total. The van der Waals surface area contributed by atoms with Gasteiger partial charge >= 0.3 is 0 Å². The molecule has 0 aliphatic heterocycles. The van der Waals surface area contributed by atoms with Gasteiger partial charge in [0.25, 0.3) is 0 Å². The molecule has 18 heavy (non-hydrogen) atoms. The molecule has 0 atom stereocenters. The van der Waals surface area contributed by atoms with Gasteiger partial charge in [-0.1, -0.05) is 0 Å². The number of fused-ring (bicyclic) bond motifs is 1. The maximum absolute atomic E-state index is 5.77. The summed E-state index contributed by atoms with van der Waals surface area (Å²) in [4.78, 5) is 10.7. The van der Waals surface area contributed by atoms with Crippen molar-refractivity contribution in [3.05, 3.63) is 18.6 Å². The molecule has 6 heteroatoms. The lowest BCUT2D eigenvalue weighted by atomic mass is 10.0. The van der Waals surface area contributed by atoms with E-state index in [0.29, 0.717) is 5.82 Å². The van der Waals surface area contributed by atoms with E-state index in [1.807, 2.05) is 10.6 Å². The molecule has 0 saturated heterocycles. The van der Waals surface area contributed by atoms with Crippen LogP contribution in [0, 0.1) is 0 Å². The maximum Gasteiger partial charge on any atom is 0.180 e. The number of nitrogen functional groups attached to an aromatic ring is 1. The van der Waals surface area contributed by atoms with Crippen molar-refractivity contribution < 1.29 is 0 Å². The Bertz CT molecular complexity index is 542. The van der Waals surface area contributed by atoms with E-state index < -0.39 is 0 Å². The number of imidazole rings is 1. The van der Waals surface area contributed by atoms with Crippen LogP contribution in [0.15, 0.2) is 18.6 Å². The first-order valence-electron chi connectivity index (χ1n) is 5.90. The van der Waals surface area contributed by atoms with Crippen LogP contribution in [0.25, 0.3) is 5.65 Å². The molecule has 98 valence electrons. The highest BCUT2D eigenvalue weighted by Crippen LogP contribution is 2.17. The van der Waals surface area contributed by atoms with Gasteiger partial charge in [0.05, 0.1) is 6.20 Å².